The van der Waals surface area contributed by atoms with Gasteiger partial charge >= 0.3 is 0 Å². The minimum Gasteiger partial charge on any atom is -0.372 e. The van der Waals surface area contributed by atoms with Crippen LogP contribution in [0, 0.1) is 6.92 Å². The molecular weight excluding hydrogens is 250 g/mol. The summed E-state index contributed by atoms with van der Waals surface area (Å²) in [6, 6.07) is 6.59. The first-order chi connectivity index (χ1) is 9.56. The number of carbonyl (C=O) groups is 1. The average molecular weight is 275 g/mol. The molecule has 2 rings (SSSR count). The predicted octanol–water partition coefficient (Wildman–Crippen LogP) is 2.53. The number of aryl methyl sites for hydroxylation is 1. The van der Waals surface area contributed by atoms with Gasteiger partial charge in [-0.25, -0.2) is 0 Å². The minimum absolute atomic E-state index is 0.00993. The summed E-state index contributed by atoms with van der Waals surface area (Å²) in [7, 11) is 0. The monoisotopic (exact) mass is 275 g/mol. The quantitative estimate of drug-likeness (QED) is 0.868. The van der Waals surface area contributed by atoms with Crippen LogP contribution in [0.2, 0.25) is 0 Å². The van der Waals surface area contributed by atoms with Gasteiger partial charge in [-0.2, -0.15) is 0 Å². The van der Waals surface area contributed by atoms with E-state index in [0.717, 1.165) is 24.3 Å². The summed E-state index contributed by atoms with van der Waals surface area (Å²) in [5.41, 5.74) is 3.29. The molecule has 1 amide bonds. The summed E-state index contributed by atoms with van der Waals surface area (Å²) in [6.07, 6.45) is 2.55. The van der Waals surface area contributed by atoms with E-state index in [1.165, 1.54) is 18.5 Å². The summed E-state index contributed by atoms with van der Waals surface area (Å²) in [4.78, 5) is 14.2. The highest BCUT2D eigenvalue weighted by molar-refractivity contribution is 5.93. The van der Waals surface area contributed by atoms with E-state index in [0.29, 0.717) is 12.6 Å². The Labute approximate surface area is 121 Å². The topological polar surface area (TPSA) is 44.4 Å². The molecule has 1 aliphatic rings. The van der Waals surface area contributed by atoms with E-state index in [4.69, 9.17) is 0 Å². The Balaban J connectivity index is 1.97. The van der Waals surface area contributed by atoms with E-state index in [1.807, 2.05) is 26.8 Å². The predicted molar refractivity (Wildman–Crippen MR) is 84.4 cm³/mol. The van der Waals surface area contributed by atoms with E-state index in [2.05, 4.69) is 27.7 Å². The van der Waals surface area contributed by atoms with E-state index >= 15 is 0 Å². The first-order valence-corrected chi connectivity index (χ1v) is 7.45. The second-order valence-electron chi connectivity index (χ2n) is 5.78. The van der Waals surface area contributed by atoms with Crippen LogP contribution in [0.3, 0.4) is 0 Å². The third-order valence-electron chi connectivity index (χ3n) is 3.63. The Kier molecular flexibility index (Phi) is 5.01. The van der Waals surface area contributed by atoms with Crippen LogP contribution >= 0.6 is 0 Å². The molecule has 0 unspecified atom stereocenters. The zero-order valence-corrected chi connectivity index (χ0v) is 12.7. The first kappa shape index (κ1) is 14.9. The van der Waals surface area contributed by atoms with Gasteiger partial charge in [0.25, 0.3) is 0 Å². The van der Waals surface area contributed by atoms with E-state index < -0.39 is 0 Å². The average Bonchev–Trinajstić information content (AvgIpc) is 2.92. The van der Waals surface area contributed by atoms with Gasteiger partial charge in [-0.1, -0.05) is 13.8 Å². The Morgan fingerprint density at radius 1 is 1.30 bits per heavy atom. The van der Waals surface area contributed by atoms with Gasteiger partial charge in [-0.15, -0.1) is 0 Å². The molecule has 0 aromatic heterocycles. The van der Waals surface area contributed by atoms with Crippen molar-refractivity contribution < 1.29 is 4.79 Å². The van der Waals surface area contributed by atoms with Gasteiger partial charge in [-0.3, -0.25) is 4.79 Å². The molecule has 0 atom stereocenters. The standard InChI is InChI=1S/C16H25N3O/c1-12(2)17-11-16(20)18-15-7-6-14(10-13(15)3)19-8-4-5-9-19/h6-7,10,12,17H,4-5,8-9,11H2,1-3H3,(H,18,20). The molecule has 0 saturated carbocycles. The van der Waals surface area contributed by atoms with Crippen LogP contribution in [0.5, 0.6) is 0 Å². The molecule has 4 nitrogen and oxygen atoms in total. The Hall–Kier alpha value is -1.55. The van der Waals surface area contributed by atoms with Crippen LogP contribution in [0.1, 0.15) is 32.3 Å². The lowest BCUT2D eigenvalue weighted by atomic mass is 10.1. The molecule has 1 aromatic rings. The Morgan fingerprint density at radius 2 is 2.00 bits per heavy atom. The lowest BCUT2D eigenvalue weighted by molar-refractivity contribution is -0.115. The number of anilines is 2. The molecule has 0 bridgehead atoms. The fraction of sp³-hybridized carbons (Fsp3) is 0.562. The lowest BCUT2D eigenvalue weighted by Crippen LogP contribution is -2.32. The lowest BCUT2D eigenvalue weighted by Gasteiger charge is -2.19. The Bertz CT molecular complexity index is 465. The number of amides is 1. The number of carbonyl (C=O) groups excluding carboxylic acids is 1. The van der Waals surface area contributed by atoms with Crippen molar-refractivity contribution in [2.24, 2.45) is 0 Å². The van der Waals surface area contributed by atoms with Crippen LogP contribution < -0.4 is 15.5 Å². The van der Waals surface area contributed by atoms with Crippen molar-refractivity contribution in [2.75, 3.05) is 29.9 Å². The van der Waals surface area contributed by atoms with E-state index in [-0.39, 0.29) is 5.91 Å². The van der Waals surface area contributed by atoms with Gasteiger partial charge in [0.05, 0.1) is 6.54 Å². The molecule has 1 saturated heterocycles. The third kappa shape index (κ3) is 3.97. The number of hydrogen-bond acceptors (Lipinski definition) is 3. The van der Waals surface area contributed by atoms with Crippen LogP contribution in [-0.2, 0) is 4.79 Å². The molecule has 0 aliphatic carbocycles. The minimum atomic E-state index is 0.00993. The molecule has 1 aromatic carbocycles. The number of nitrogens with zero attached hydrogens (tertiary/aromatic N) is 1. The van der Waals surface area contributed by atoms with Crippen molar-refractivity contribution in [3.63, 3.8) is 0 Å². The molecular formula is C16H25N3O. The summed E-state index contributed by atoms with van der Waals surface area (Å²) in [6.45, 7) is 8.75. The maximum atomic E-state index is 11.8. The van der Waals surface area contributed by atoms with Crippen LogP contribution in [0.4, 0.5) is 11.4 Å². The fourth-order valence-electron chi connectivity index (χ4n) is 2.45. The first-order valence-electron chi connectivity index (χ1n) is 7.45. The van der Waals surface area contributed by atoms with Gasteiger partial charge in [0.2, 0.25) is 5.91 Å². The highest BCUT2D eigenvalue weighted by Crippen LogP contribution is 2.25. The molecule has 1 aliphatic heterocycles. The van der Waals surface area contributed by atoms with Crippen LogP contribution in [-0.4, -0.2) is 31.6 Å². The third-order valence-corrected chi connectivity index (χ3v) is 3.63. The zero-order chi connectivity index (χ0) is 14.5. The van der Waals surface area contributed by atoms with Gasteiger partial charge in [0.15, 0.2) is 0 Å². The number of benzene rings is 1. The van der Waals surface area contributed by atoms with Gasteiger partial charge < -0.3 is 15.5 Å². The second kappa shape index (κ2) is 6.75. The molecule has 4 heteroatoms. The number of hydrogen-bond donors (Lipinski definition) is 2. The van der Waals surface area contributed by atoms with E-state index in [1.54, 1.807) is 0 Å². The molecule has 0 radical (unpaired) electrons. The maximum Gasteiger partial charge on any atom is 0.238 e. The van der Waals surface area contributed by atoms with Gasteiger partial charge in [0.1, 0.15) is 0 Å². The van der Waals surface area contributed by atoms with Crippen molar-refractivity contribution in [3.05, 3.63) is 23.8 Å². The maximum absolute atomic E-state index is 11.8. The van der Waals surface area contributed by atoms with Crippen LogP contribution in [0.25, 0.3) is 0 Å². The largest absolute Gasteiger partial charge is 0.372 e. The summed E-state index contributed by atoms with van der Waals surface area (Å²) < 4.78 is 0. The molecule has 20 heavy (non-hydrogen) atoms. The van der Waals surface area contributed by atoms with Crippen molar-refractivity contribution in [1.82, 2.24) is 5.32 Å². The second-order valence-corrected chi connectivity index (χ2v) is 5.78. The van der Waals surface area contributed by atoms with E-state index in [9.17, 15) is 4.79 Å². The smallest absolute Gasteiger partial charge is 0.238 e. The normalized spacial score (nSPS) is 14.9. The highest BCUT2D eigenvalue weighted by atomic mass is 16.1. The van der Waals surface area contributed by atoms with Crippen LogP contribution in [0.15, 0.2) is 18.2 Å². The van der Waals surface area contributed by atoms with Gasteiger partial charge in [-0.05, 0) is 43.5 Å². The van der Waals surface area contributed by atoms with Crippen molar-refractivity contribution in [2.45, 2.75) is 39.7 Å². The van der Waals surface area contributed by atoms with Crippen molar-refractivity contribution in [3.8, 4) is 0 Å². The summed E-state index contributed by atoms with van der Waals surface area (Å²) in [5.74, 6) is 0.00993. The summed E-state index contributed by atoms with van der Waals surface area (Å²) in [5, 5.41) is 6.08. The Morgan fingerprint density at radius 3 is 2.60 bits per heavy atom. The SMILES string of the molecule is Cc1cc(N2CCCC2)ccc1NC(=O)CNC(C)C. The zero-order valence-electron chi connectivity index (χ0n) is 12.7. The number of rotatable bonds is 5. The fourth-order valence-corrected chi connectivity index (χ4v) is 2.45. The van der Waals surface area contributed by atoms with Gasteiger partial charge in [0, 0.05) is 30.5 Å². The van der Waals surface area contributed by atoms with Crippen molar-refractivity contribution >= 4 is 17.3 Å². The highest BCUT2D eigenvalue weighted by Gasteiger charge is 2.13. The molecule has 1 fully saturated rings. The molecule has 1 heterocycles. The molecule has 0 spiro atoms. The number of nitrogens with one attached hydrogen (secondary N) is 2. The molecule has 110 valence electrons. The summed E-state index contributed by atoms with van der Waals surface area (Å²) >= 11 is 0. The van der Waals surface area contributed by atoms with Crippen molar-refractivity contribution in [1.29, 1.82) is 0 Å². The molecule has 2 N–H and O–H groups in total.